The second-order valence-electron chi connectivity index (χ2n) is 6.90. The molecule has 1 N–H and O–H groups in total. The van der Waals surface area contributed by atoms with Crippen LogP contribution >= 0.6 is 0 Å². The molecule has 0 amide bonds. The summed E-state index contributed by atoms with van der Waals surface area (Å²) in [5.41, 5.74) is 3.48. The fourth-order valence-corrected chi connectivity index (χ4v) is 3.68. The highest BCUT2D eigenvalue weighted by Gasteiger charge is 2.29. The van der Waals surface area contributed by atoms with E-state index in [0.717, 1.165) is 37.5 Å². The number of ether oxygens (including phenoxy) is 1. The Balaban J connectivity index is 1.39. The van der Waals surface area contributed by atoms with Gasteiger partial charge in [0, 0.05) is 52.1 Å². The zero-order chi connectivity index (χ0) is 17.2. The quantitative estimate of drug-likeness (QED) is 0.776. The van der Waals surface area contributed by atoms with Crippen molar-refractivity contribution in [2.45, 2.75) is 25.5 Å². The molecule has 0 aliphatic carbocycles. The zero-order valence-electron chi connectivity index (χ0n) is 14.9. The van der Waals surface area contributed by atoms with Crippen LogP contribution in [0.1, 0.15) is 30.3 Å². The number of fused-ring (bicyclic) bond motifs is 1. The normalized spacial score (nSPS) is 21.0. The smallest absolute Gasteiger partial charge is 0.137 e. The van der Waals surface area contributed by atoms with E-state index >= 15 is 0 Å². The topological polar surface area (TPSA) is 56.9 Å². The Bertz CT molecular complexity index is 852. The standard InChI is InChI=1S/C19H25N5O/c1-23-8-7-21-19(23)18-15(4-3-9-25-18)12-20-11-14-5-6-17-16(10-14)22-13-24(17)2/h5-8,10,13,15,18,20H,3-4,9,11-12H2,1-2H3/t15-,18+/m0/s1. The summed E-state index contributed by atoms with van der Waals surface area (Å²) >= 11 is 0. The average Bonchev–Trinajstić information content (AvgIpc) is 3.21. The third-order valence-corrected chi connectivity index (χ3v) is 5.08. The van der Waals surface area contributed by atoms with Crippen molar-refractivity contribution >= 4 is 11.0 Å². The van der Waals surface area contributed by atoms with Gasteiger partial charge in [0.15, 0.2) is 0 Å². The summed E-state index contributed by atoms with van der Waals surface area (Å²) in [7, 11) is 4.06. The molecule has 1 fully saturated rings. The van der Waals surface area contributed by atoms with Crippen LogP contribution in [0.15, 0.2) is 36.9 Å². The molecule has 0 bridgehead atoms. The summed E-state index contributed by atoms with van der Waals surface area (Å²) in [6.45, 7) is 2.60. The van der Waals surface area contributed by atoms with E-state index in [4.69, 9.17) is 4.74 Å². The summed E-state index contributed by atoms with van der Waals surface area (Å²) in [6, 6.07) is 6.47. The average molecular weight is 339 g/mol. The maximum Gasteiger partial charge on any atom is 0.137 e. The largest absolute Gasteiger partial charge is 0.370 e. The predicted molar refractivity (Wildman–Crippen MR) is 97.0 cm³/mol. The highest BCUT2D eigenvalue weighted by molar-refractivity contribution is 5.75. The van der Waals surface area contributed by atoms with Crippen molar-refractivity contribution in [3.63, 3.8) is 0 Å². The lowest BCUT2D eigenvalue weighted by Crippen LogP contribution is -2.33. The third-order valence-electron chi connectivity index (χ3n) is 5.08. The maximum atomic E-state index is 6.04. The van der Waals surface area contributed by atoms with Gasteiger partial charge in [0.1, 0.15) is 11.9 Å². The number of hydrogen-bond acceptors (Lipinski definition) is 4. The molecule has 1 aliphatic heterocycles. The van der Waals surface area contributed by atoms with Crippen LogP contribution in [0.2, 0.25) is 0 Å². The molecule has 1 aromatic carbocycles. The lowest BCUT2D eigenvalue weighted by molar-refractivity contribution is -0.0344. The second kappa shape index (κ2) is 6.98. The molecular formula is C19H25N5O. The first kappa shape index (κ1) is 16.3. The van der Waals surface area contributed by atoms with Crippen molar-refractivity contribution in [2.24, 2.45) is 20.0 Å². The molecule has 0 saturated carbocycles. The van der Waals surface area contributed by atoms with Crippen LogP contribution in [0.5, 0.6) is 0 Å². The first-order valence-corrected chi connectivity index (χ1v) is 8.92. The van der Waals surface area contributed by atoms with E-state index in [9.17, 15) is 0 Å². The lowest BCUT2D eigenvalue weighted by atomic mass is 9.93. The molecule has 1 saturated heterocycles. The third kappa shape index (κ3) is 3.32. The molecule has 1 aliphatic rings. The van der Waals surface area contributed by atoms with Crippen LogP contribution in [0.4, 0.5) is 0 Å². The number of benzene rings is 1. The number of imidazole rings is 2. The number of aromatic nitrogens is 4. The van der Waals surface area contributed by atoms with Gasteiger partial charge in [-0.25, -0.2) is 9.97 Å². The van der Waals surface area contributed by atoms with E-state index in [-0.39, 0.29) is 6.10 Å². The summed E-state index contributed by atoms with van der Waals surface area (Å²) in [5, 5.41) is 3.60. The summed E-state index contributed by atoms with van der Waals surface area (Å²) in [6.07, 6.45) is 8.06. The minimum atomic E-state index is 0.0829. The second-order valence-corrected chi connectivity index (χ2v) is 6.90. The summed E-state index contributed by atoms with van der Waals surface area (Å²) in [5.74, 6) is 1.48. The van der Waals surface area contributed by atoms with Crippen LogP contribution in [0, 0.1) is 5.92 Å². The molecule has 2 atom stereocenters. The van der Waals surface area contributed by atoms with Gasteiger partial charge in [0.25, 0.3) is 0 Å². The molecule has 0 unspecified atom stereocenters. The van der Waals surface area contributed by atoms with E-state index in [1.165, 1.54) is 17.5 Å². The van der Waals surface area contributed by atoms with Gasteiger partial charge < -0.3 is 19.2 Å². The van der Waals surface area contributed by atoms with Crippen molar-refractivity contribution in [1.82, 2.24) is 24.4 Å². The van der Waals surface area contributed by atoms with Gasteiger partial charge in [-0.3, -0.25) is 0 Å². The predicted octanol–water partition coefficient (Wildman–Crippen LogP) is 2.56. The van der Waals surface area contributed by atoms with Gasteiger partial charge >= 0.3 is 0 Å². The molecule has 3 aromatic rings. The SMILES string of the molecule is Cn1ccnc1[C@@H]1OCCC[C@H]1CNCc1ccc2c(c1)ncn2C. The minimum absolute atomic E-state index is 0.0829. The Labute approximate surface area is 147 Å². The van der Waals surface area contributed by atoms with E-state index in [2.05, 4.69) is 38.1 Å². The highest BCUT2D eigenvalue weighted by atomic mass is 16.5. The molecule has 0 radical (unpaired) electrons. The molecule has 132 valence electrons. The van der Waals surface area contributed by atoms with Gasteiger partial charge in [-0.1, -0.05) is 6.07 Å². The van der Waals surface area contributed by atoms with E-state index in [1.54, 1.807) is 0 Å². The van der Waals surface area contributed by atoms with Crippen LogP contribution < -0.4 is 5.32 Å². The number of aryl methyl sites for hydroxylation is 2. The molecule has 6 nitrogen and oxygen atoms in total. The highest BCUT2D eigenvalue weighted by Crippen LogP contribution is 2.32. The fraction of sp³-hybridized carbons (Fsp3) is 0.474. The Kier molecular flexibility index (Phi) is 4.55. The van der Waals surface area contributed by atoms with Gasteiger partial charge in [-0.15, -0.1) is 0 Å². The van der Waals surface area contributed by atoms with Gasteiger partial charge in [-0.05, 0) is 30.5 Å². The van der Waals surface area contributed by atoms with Gasteiger partial charge in [0.05, 0.1) is 17.4 Å². The number of nitrogens with zero attached hydrogens (tertiary/aromatic N) is 4. The Morgan fingerprint density at radius 1 is 1.24 bits per heavy atom. The fourth-order valence-electron chi connectivity index (χ4n) is 3.68. The zero-order valence-corrected chi connectivity index (χ0v) is 14.9. The number of rotatable bonds is 5. The lowest BCUT2D eigenvalue weighted by Gasteiger charge is -2.31. The molecule has 3 heterocycles. The molecule has 6 heteroatoms. The minimum Gasteiger partial charge on any atom is -0.370 e. The van der Waals surface area contributed by atoms with Crippen LogP contribution in [0.25, 0.3) is 11.0 Å². The van der Waals surface area contributed by atoms with Crippen LogP contribution in [-0.4, -0.2) is 32.3 Å². The van der Waals surface area contributed by atoms with Crippen molar-refractivity contribution in [2.75, 3.05) is 13.2 Å². The molecule has 2 aromatic heterocycles. The summed E-state index contributed by atoms with van der Waals surface area (Å²) < 4.78 is 10.2. The molecule has 25 heavy (non-hydrogen) atoms. The Morgan fingerprint density at radius 3 is 3.00 bits per heavy atom. The Morgan fingerprint density at radius 2 is 2.16 bits per heavy atom. The van der Waals surface area contributed by atoms with Crippen molar-refractivity contribution in [3.05, 3.63) is 48.3 Å². The maximum absolute atomic E-state index is 6.04. The first-order valence-electron chi connectivity index (χ1n) is 8.92. The van der Waals surface area contributed by atoms with E-state index < -0.39 is 0 Å². The van der Waals surface area contributed by atoms with E-state index in [1.807, 2.05) is 37.4 Å². The van der Waals surface area contributed by atoms with Crippen LogP contribution in [0.3, 0.4) is 0 Å². The van der Waals surface area contributed by atoms with Crippen LogP contribution in [-0.2, 0) is 25.4 Å². The van der Waals surface area contributed by atoms with Crippen molar-refractivity contribution in [3.8, 4) is 0 Å². The molecule has 4 rings (SSSR count). The summed E-state index contributed by atoms with van der Waals surface area (Å²) in [4.78, 5) is 8.93. The van der Waals surface area contributed by atoms with Crippen molar-refractivity contribution < 1.29 is 4.74 Å². The Hall–Kier alpha value is -2.18. The monoisotopic (exact) mass is 339 g/mol. The molecular weight excluding hydrogens is 314 g/mol. The number of nitrogens with one attached hydrogen (secondary N) is 1. The number of hydrogen-bond donors (Lipinski definition) is 1. The van der Waals surface area contributed by atoms with E-state index in [0.29, 0.717) is 5.92 Å². The first-order chi connectivity index (χ1) is 12.2. The van der Waals surface area contributed by atoms with Gasteiger partial charge in [-0.2, -0.15) is 0 Å². The molecule has 0 spiro atoms. The van der Waals surface area contributed by atoms with Gasteiger partial charge in [0.2, 0.25) is 0 Å². The van der Waals surface area contributed by atoms with Crippen molar-refractivity contribution in [1.29, 1.82) is 0 Å².